The van der Waals surface area contributed by atoms with E-state index in [1.165, 1.54) is 0 Å². The largest absolute Gasteiger partial charge is 0.252 e. The highest BCUT2D eigenvalue weighted by atomic mass is 15.3. The normalized spacial score (nSPS) is 10.5. The molecule has 0 spiro atoms. The van der Waals surface area contributed by atoms with Crippen LogP contribution in [0.3, 0.4) is 0 Å². The summed E-state index contributed by atoms with van der Waals surface area (Å²) in [5.41, 5.74) is 3.91. The SMILES string of the molecule is N#Cc1ncn(Cc2cn(-c3ccccc3)nc2-c2ccccc2)n1. The van der Waals surface area contributed by atoms with Crippen LogP contribution in [0.25, 0.3) is 16.9 Å². The minimum atomic E-state index is 0.164. The monoisotopic (exact) mass is 326 g/mol. The Bertz CT molecular complexity index is 1020. The van der Waals surface area contributed by atoms with Gasteiger partial charge in [0.2, 0.25) is 0 Å². The maximum Gasteiger partial charge on any atom is 0.252 e. The van der Waals surface area contributed by atoms with Crippen LogP contribution in [0.5, 0.6) is 0 Å². The van der Waals surface area contributed by atoms with E-state index in [2.05, 4.69) is 10.1 Å². The van der Waals surface area contributed by atoms with Crippen molar-refractivity contribution < 1.29 is 0 Å². The first-order valence-corrected chi connectivity index (χ1v) is 7.82. The fraction of sp³-hybridized carbons (Fsp3) is 0.0526. The second-order valence-electron chi connectivity index (χ2n) is 5.53. The maximum absolute atomic E-state index is 8.90. The minimum absolute atomic E-state index is 0.164. The van der Waals surface area contributed by atoms with Gasteiger partial charge in [-0.05, 0) is 12.1 Å². The number of benzene rings is 2. The van der Waals surface area contributed by atoms with Crippen molar-refractivity contribution in [2.75, 3.05) is 0 Å². The highest BCUT2D eigenvalue weighted by Crippen LogP contribution is 2.24. The number of nitriles is 1. The summed E-state index contributed by atoms with van der Waals surface area (Å²) >= 11 is 0. The summed E-state index contributed by atoms with van der Waals surface area (Å²) in [6.07, 6.45) is 3.55. The Morgan fingerprint density at radius 1 is 0.920 bits per heavy atom. The van der Waals surface area contributed by atoms with Crippen molar-refractivity contribution in [2.45, 2.75) is 6.54 Å². The molecule has 4 rings (SSSR count). The highest BCUT2D eigenvalue weighted by Gasteiger charge is 2.13. The zero-order valence-corrected chi connectivity index (χ0v) is 13.3. The lowest BCUT2D eigenvalue weighted by Gasteiger charge is -2.02. The summed E-state index contributed by atoms with van der Waals surface area (Å²) in [7, 11) is 0. The molecule has 0 atom stereocenters. The molecule has 120 valence electrons. The molecule has 0 saturated heterocycles. The second-order valence-corrected chi connectivity index (χ2v) is 5.53. The second kappa shape index (κ2) is 6.42. The summed E-state index contributed by atoms with van der Waals surface area (Å²) in [6.45, 7) is 0.492. The van der Waals surface area contributed by atoms with Crippen LogP contribution >= 0.6 is 0 Å². The lowest BCUT2D eigenvalue weighted by atomic mass is 10.1. The number of nitrogens with zero attached hydrogens (tertiary/aromatic N) is 6. The third-order valence-electron chi connectivity index (χ3n) is 3.83. The first-order chi connectivity index (χ1) is 12.3. The summed E-state index contributed by atoms with van der Waals surface area (Å²) < 4.78 is 3.51. The lowest BCUT2D eigenvalue weighted by Crippen LogP contribution is -2.01. The Morgan fingerprint density at radius 3 is 2.32 bits per heavy atom. The van der Waals surface area contributed by atoms with Gasteiger partial charge in [0.05, 0.1) is 17.9 Å². The molecule has 2 aromatic heterocycles. The average Bonchev–Trinajstić information content (AvgIpc) is 3.30. The summed E-state index contributed by atoms with van der Waals surface area (Å²) in [6, 6.07) is 21.9. The Labute approximate surface area is 144 Å². The van der Waals surface area contributed by atoms with Gasteiger partial charge < -0.3 is 0 Å². The molecule has 2 aromatic carbocycles. The summed E-state index contributed by atoms with van der Waals surface area (Å²) in [5, 5.41) is 17.8. The van der Waals surface area contributed by atoms with Crippen molar-refractivity contribution in [3.05, 3.63) is 84.6 Å². The van der Waals surface area contributed by atoms with Crippen molar-refractivity contribution in [1.29, 1.82) is 5.26 Å². The van der Waals surface area contributed by atoms with E-state index in [1.54, 1.807) is 11.0 Å². The van der Waals surface area contributed by atoms with Gasteiger partial charge in [-0.15, -0.1) is 5.10 Å². The van der Waals surface area contributed by atoms with Gasteiger partial charge in [-0.25, -0.2) is 14.3 Å². The van der Waals surface area contributed by atoms with Gasteiger partial charge in [0.15, 0.2) is 0 Å². The molecule has 0 aliphatic carbocycles. The molecule has 6 nitrogen and oxygen atoms in total. The summed E-state index contributed by atoms with van der Waals surface area (Å²) in [4.78, 5) is 3.96. The van der Waals surface area contributed by atoms with Crippen LogP contribution in [0.4, 0.5) is 0 Å². The van der Waals surface area contributed by atoms with Crippen LogP contribution < -0.4 is 0 Å². The van der Waals surface area contributed by atoms with Gasteiger partial charge in [-0.1, -0.05) is 48.5 Å². The molecule has 0 N–H and O–H groups in total. The molecule has 0 unspecified atom stereocenters. The van der Waals surface area contributed by atoms with Crippen LogP contribution in [0.15, 0.2) is 73.2 Å². The molecule has 4 aromatic rings. The average molecular weight is 326 g/mol. The lowest BCUT2D eigenvalue weighted by molar-refractivity contribution is 0.683. The van der Waals surface area contributed by atoms with E-state index in [-0.39, 0.29) is 5.82 Å². The number of aromatic nitrogens is 5. The number of hydrogen-bond acceptors (Lipinski definition) is 4. The molecule has 25 heavy (non-hydrogen) atoms. The standard InChI is InChI=1S/C19H14N6/c20-11-18-21-14-24(22-18)12-16-13-25(17-9-5-2-6-10-17)23-19(16)15-7-3-1-4-8-15/h1-10,13-14H,12H2. The number of hydrogen-bond donors (Lipinski definition) is 0. The molecule has 0 fully saturated rings. The molecule has 0 amide bonds. The molecule has 0 bridgehead atoms. The van der Waals surface area contributed by atoms with E-state index in [9.17, 15) is 0 Å². The first kappa shape index (κ1) is 14.8. The third-order valence-corrected chi connectivity index (χ3v) is 3.83. The Balaban J connectivity index is 1.78. The van der Waals surface area contributed by atoms with Gasteiger partial charge in [0, 0.05) is 17.3 Å². The van der Waals surface area contributed by atoms with Crippen LogP contribution in [0.2, 0.25) is 0 Å². The van der Waals surface area contributed by atoms with Crippen LogP contribution in [-0.4, -0.2) is 24.5 Å². The van der Waals surface area contributed by atoms with E-state index in [1.807, 2.05) is 77.6 Å². The van der Waals surface area contributed by atoms with E-state index >= 15 is 0 Å². The van der Waals surface area contributed by atoms with Gasteiger partial charge in [0.1, 0.15) is 12.4 Å². The maximum atomic E-state index is 8.90. The van der Waals surface area contributed by atoms with E-state index in [0.29, 0.717) is 6.54 Å². The number of para-hydroxylation sites is 1. The van der Waals surface area contributed by atoms with Gasteiger partial charge in [-0.2, -0.15) is 10.4 Å². The van der Waals surface area contributed by atoms with Crippen LogP contribution in [0, 0.1) is 11.3 Å². The molecular weight excluding hydrogens is 312 g/mol. The fourth-order valence-electron chi connectivity index (χ4n) is 2.67. The first-order valence-electron chi connectivity index (χ1n) is 7.82. The third kappa shape index (κ3) is 3.03. The van der Waals surface area contributed by atoms with E-state index in [4.69, 9.17) is 10.4 Å². The molecule has 0 radical (unpaired) electrons. The molecule has 0 aliphatic heterocycles. The molecule has 6 heteroatoms. The zero-order chi connectivity index (χ0) is 17.1. The zero-order valence-electron chi connectivity index (χ0n) is 13.3. The Morgan fingerprint density at radius 2 is 1.64 bits per heavy atom. The number of rotatable bonds is 4. The van der Waals surface area contributed by atoms with E-state index in [0.717, 1.165) is 22.5 Å². The summed E-state index contributed by atoms with van der Waals surface area (Å²) in [5.74, 6) is 0.164. The van der Waals surface area contributed by atoms with Gasteiger partial charge >= 0.3 is 0 Å². The minimum Gasteiger partial charge on any atom is -0.247 e. The molecule has 0 saturated carbocycles. The van der Waals surface area contributed by atoms with Gasteiger partial charge in [0.25, 0.3) is 5.82 Å². The Kier molecular flexibility index (Phi) is 3.81. The topological polar surface area (TPSA) is 72.3 Å². The van der Waals surface area contributed by atoms with Crippen molar-refractivity contribution in [3.8, 4) is 23.0 Å². The van der Waals surface area contributed by atoms with Crippen LogP contribution in [-0.2, 0) is 6.54 Å². The molecule has 0 aliphatic rings. The highest BCUT2D eigenvalue weighted by molar-refractivity contribution is 5.63. The van der Waals surface area contributed by atoms with E-state index < -0.39 is 0 Å². The quantitative estimate of drug-likeness (QED) is 0.578. The van der Waals surface area contributed by atoms with Gasteiger partial charge in [-0.3, -0.25) is 0 Å². The Hall–Kier alpha value is -3.72. The fourth-order valence-corrected chi connectivity index (χ4v) is 2.67. The predicted molar refractivity (Wildman–Crippen MR) is 92.8 cm³/mol. The molecular formula is C19H14N6. The predicted octanol–water partition coefficient (Wildman–Crippen LogP) is 3.05. The van der Waals surface area contributed by atoms with Crippen molar-refractivity contribution in [3.63, 3.8) is 0 Å². The smallest absolute Gasteiger partial charge is 0.247 e. The molecule has 2 heterocycles. The van der Waals surface area contributed by atoms with Crippen molar-refractivity contribution in [2.24, 2.45) is 0 Å². The van der Waals surface area contributed by atoms with Crippen LogP contribution in [0.1, 0.15) is 11.4 Å². The van der Waals surface area contributed by atoms with Crippen molar-refractivity contribution in [1.82, 2.24) is 24.5 Å². The van der Waals surface area contributed by atoms with Crippen molar-refractivity contribution >= 4 is 0 Å².